The molecule has 1 fully saturated rings. The van der Waals surface area contributed by atoms with E-state index in [1.54, 1.807) is 0 Å². The lowest BCUT2D eigenvalue weighted by molar-refractivity contribution is -0.235. The quantitative estimate of drug-likeness (QED) is 0.324. The van der Waals surface area contributed by atoms with Gasteiger partial charge in [-0.05, 0) is 6.92 Å². The van der Waals surface area contributed by atoms with E-state index in [1.165, 1.54) is 5.06 Å². The topological polar surface area (TPSA) is 54.2 Å². The third kappa shape index (κ3) is 2.59. The van der Waals surface area contributed by atoms with Crippen LogP contribution in [0.1, 0.15) is 6.92 Å². The van der Waals surface area contributed by atoms with Crippen LogP contribution in [-0.2, 0) is 14.3 Å². The van der Waals surface area contributed by atoms with Crippen molar-refractivity contribution in [3.63, 3.8) is 0 Å². The van der Waals surface area contributed by atoms with Crippen molar-refractivity contribution in [2.75, 3.05) is 20.1 Å². The van der Waals surface area contributed by atoms with E-state index in [-0.39, 0.29) is 6.79 Å². The lowest BCUT2D eigenvalue weighted by Gasteiger charge is -2.08. The van der Waals surface area contributed by atoms with Crippen molar-refractivity contribution in [3.05, 3.63) is 0 Å². The van der Waals surface area contributed by atoms with Crippen molar-refractivity contribution in [2.24, 2.45) is 0 Å². The SMILES string of the molecule is CCOCOC(O)N1CO1. The van der Waals surface area contributed by atoms with Crippen LogP contribution in [0.2, 0.25) is 0 Å². The predicted octanol–water partition coefficient (Wildman–Crippen LogP) is -0.522. The molecule has 0 saturated carbocycles. The van der Waals surface area contributed by atoms with Crippen molar-refractivity contribution in [2.45, 2.75) is 13.3 Å². The summed E-state index contributed by atoms with van der Waals surface area (Å²) in [4.78, 5) is 4.60. The molecule has 2 unspecified atom stereocenters. The summed E-state index contributed by atoms with van der Waals surface area (Å²) in [6, 6.07) is 0. The third-order valence-electron chi connectivity index (χ3n) is 1.03. The number of nitrogens with zero attached hydrogens (tertiary/aromatic N) is 1. The highest BCUT2D eigenvalue weighted by atomic mass is 16.9. The standard InChI is InChI=1S/C5H11NO4/c1-2-8-4-9-5(7)6-3-10-6/h5,7H,2-4H2,1H3. The highest BCUT2D eigenvalue weighted by Crippen LogP contribution is 2.10. The molecule has 0 aliphatic carbocycles. The summed E-state index contributed by atoms with van der Waals surface area (Å²) < 4.78 is 9.56. The van der Waals surface area contributed by atoms with Gasteiger partial charge in [0.2, 0.25) is 6.41 Å². The zero-order chi connectivity index (χ0) is 7.40. The first-order valence-corrected chi connectivity index (χ1v) is 3.11. The van der Waals surface area contributed by atoms with Gasteiger partial charge in [0.15, 0.2) is 6.79 Å². The van der Waals surface area contributed by atoms with Crippen molar-refractivity contribution in [3.8, 4) is 0 Å². The minimum absolute atomic E-state index is 0.0948. The Kier molecular flexibility index (Phi) is 3.04. The average Bonchev–Trinajstić information content (AvgIpc) is 2.69. The molecule has 10 heavy (non-hydrogen) atoms. The van der Waals surface area contributed by atoms with E-state index in [0.717, 1.165) is 0 Å². The molecule has 0 spiro atoms. The normalized spacial score (nSPS) is 26.4. The van der Waals surface area contributed by atoms with Crippen LogP contribution < -0.4 is 0 Å². The zero-order valence-corrected chi connectivity index (χ0v) is 5.82. The molecular formula is C5H11NO4. The summed E-state index contributed by atoms with van der Waals surface area (Å²) in [5.41, 5.74) is 0. The monoisotopic (exact) mass is 149 g/mol. The molecule has 5 nitrogen and oxygen atoms in total. The molecular weight excluding hydrogens is 138 g/mol. The first-order chi connectivity index (χ1) is 4.84. The number of ether oxygens (including phenoxy) is 2. The summed E-state index contributed by atoms with van der Waals surface area (Å²) >= 11 is 0. The highest BCUT2D eigenvalue weighted by Gasteiger charge is 2.28. The highest BCUT2D eigenvalue weighted by molar-refractivity contribution is 4.41. The fraction of sp³-hybridized carbons (Fsp3) is 1.00. The lowest BCUT2D eigenvalue weighted by atomic mass is 10.9. The molecule has 5 heteroatoms. The minimum atomic E-state index is -0.980. The first-order valence-electron chi connectivity index (χ1n) is 3.11. The molecule has 1 N–H and O–H groups in total. The first kappa shape index (κ1) is 7.90. The van der Waals surface area contributed by atoms with E-state index < -0.39 is 6.41 Å². The van der Waals surface area contributed by atoms with Crippen molar-refractivity contribution >= 4 is 0 Å². The Hall–Kier alpha value is -0.200. The molecule has 0 aromatic carbocycles. The zero-order valence-electron chi connectivity index (χ0n) is 5.82. The molecule has 1 aliphatic rings. The van der Waals surface area contributed by atoms with Gasteiger partial charge in [0.25, 0.3) is 0 Å². The molecule has 0 radical (unpaired) electrons. The number of aliphatic hydroxyl groups excluding tert-OH is 1. The molecule has 1 rings (SSSR count). The number of hydrogen-bond donors (Lipinski definition) is 1. The largest absolute Gasteiger partial charge is 0.356 e. The van der Waals surface area contributed by atoms with E-state index >= 15 is 0 Å². The van der Waals surface area contributed by atoms with Gasteiger partial charge >= 0.3 is 0 Å². The third-order valence-corrected chi connectivity index (χ3v) is 1.03. The van der Waals surface area contributed by atoms with Gasteiger partial charge in [-0.3, -0.25) is 4.84 Å². The Labute approximate surface area is 59.0 Å². The lowest BCUT2D eigenvalue weighted by Crippen LogP contribution is -2.22. The van der Waals surface area contributed by atoms with Crippen LogP contribution in [0.3, 0.4) is 0 Å². The molecule has 1 heterocycles. The maximum atomic E-state index is 8.91. The molecule has 60 valence electrons. The van der Waals surface area contributed by atoms with Crippen LogP contribution in [0.4, 0.5) is 0 Å². The molecule has 1 saturated heterocycles. The van der Waals surface area contributed by atoms with Crippen LogP contribution in [0.5, 0.6) is 0 Å². The van der Waals surface area contributed by atoms with Gasteiger partial charge in [-0.2, -0.15) is 0 Å². The van der Waals surface area contributed by atoms with Crippen LogP contribution in [0.15, 0.2) is 0 Å². The van der Waals surface area contributed by atoms with Gasteiger partial charge in [0, 0.05) is 6.61 Å². The fourth-order valence-corrected chi connectivity index (χ4v) is 0.436. The molecule has 0 aromatic heterocycles. The summed E-state index contributed by atoms with van der Waals surface area (Å²) in [5.74, 6) is 0. The number of aliphatic hydroxyl groups is 1. The van der Waals surface area contributed by atoms with Crippen LogP contribution in [-0.4, -0.2) is 36.7 Å². The van der Waals surface area contributed by atoms with E-state index in [4.69, 9.17) is 14.6 Å². The smallest absolute Gasteiger partial charge is 0.242 e. The Morgan fingerprint density at radius 3 is 3.00 bits per heavy atom. The Balaban J connectivity index is 1.90. The number of hydroxylamine groups is 2. The van der Waals surface area contributed by atoms with Gasteiger partial charge in [-0.25, -0.2) is 0 Å². The average molecular weight is 149 g/mol. The van der Waals surface area contributed by atoms with Gasteiger partial charge < -0.3 is 14.6 Å². The summed E-state index contributed by atoms with van der Waals surface area (Å²) in [6.07, 6.45) is -0.980. The van der Waals surface area contributed by atoms with E-state index in [9.17, 15) is 0 Å². The number of hydrogen-bond acceptors (Lipinski definition) is 5. The molecule has 2 atom stereocenters. The maximum absolute atomic E-state index is 8.91. The second-order valence-electron chi connectivity index (χ2n) is 1.78. The maximum Gasteiger partial charge on any atom is 0.242 e. The molecule has 0 amide bonds. The van der Waals surface area contributed by atoms with Gasteiger partial charge in [0.1, 0.15) is 6.73 Å². The van der Waals surface area contributed by atoms with Gasteiger partial charge in [-0.15, -0.1) is 5.06 Å². The van der Waals surface area contributed by atoms with Gasteiger partial charge in [-0.1, -0.05) is 0 Å². The van der Waals surface area contributed by atoms with Crippen molar-refractivity contribution < 1.29 is 19.4 Å². The minimum Gasteiger partial charge on any atom is -0.356 e. The summed E-state index contributed by atoms with van der Waals surface area (Å²) in [7, 11) is 0. The summed E-state index contributed by atoms with van der Waals surface area (Å²) in [6.45, 7) is 2.95. The van der Waals surface area contributed by atoms with E-state index in [2.05, 4.69) is 4.84 Å². The second kappa shape index (κ2) is 3.85. The van der Waals surface area contributed by atoms with Crippen molar-refractivity contribution in [1.29, 1.82) is 0 Å². The van der Waals surface area contributed by atoms with E-state index in [1.807, 2.05) is 6.92 Å². The van der Waals surface area contributed by atoms with Crippen LogP contribution >= 0.6 is 0 Å². The second-order valence-corrected chi connectivity index (χ2v) is 1.78. The molecule has 0 aromatic rings. The Morgan fingerprint density at radius 2 is 2.50 bits per heavy atom. The Morgan fingerprint density at radius 1 is 1.80 bits per heavy atom. The summed E-state index contributed by atoms with van der Waals surface area (Å²) in [5, 5.41) is 10.2. The van der Waals surface area contributed by atoms with Crippen LogP contribution in [0, 0.1) is 0 Å². The Bertz CT molecular complexity index is 95.6. The molecule has 0 bridgehead atoms. The fourth-order valence-electron chi connectivity index (χ4n) is 0.436. The number of rotatable bonds is 5. The predicted molar refractivity (Wildman–Crippen MR) is 31.4 cm³/mol. The van der Waals surface area contributed by atoms with Gasteiger partial charge in [0.05, 0.1) is 0 Å². The van der Waals surface area contributed by atoms with E-state index in [0.29, 0.717) is 13.3 Å². The molecule has 1 aliphatic heterocycles. The van der Waals surface area contributed by atoms with Crippen molar-refractivity contribution in [1.82, 2.24) is 5.06 Å². The van der Waals surface area contributed by atoms with Crippen LogP contribution in [0.25, 0.3) is 0 Å².